The Kier molecular flexibility index (Phi) is 4.69. The van der Waals surface area contributed by atoms with E-state index < -0.39 is 18.2 Å². The maximum atomic E-state index is 13.3. The Bertz CT molecular complexity index is 873. The van der Waals surface area contributed by atoms with E-state index in [1.54, 1.807) is 24.3 Å². The fourth-order valence-electron chi connectivity index (χ4n) is 2.96. The molecule has 142 valence electrons. The third-order valence-electron chi connectivity index (χ3n) is 4.39. The zero-order valence-electron chi connectivity index (χ0n) is 14.2. The average molecular weight is 396 g/mol. The van der Waals surface area contributed by atoms with Crippen LogP contribution in [0, 0.1) is 6.92 Å². The molecule has 0 N–H and O–H groups in total. The number of hydrogen-bond donors (Lipinski definition) is 0. The summed E-state index contributed by atoms with van der Waals surface area (Å²) in [6.07, 6.45) is -5.66. The molecule has 0 spiro atoms. The van der Waals surface area contributed by atoms with Gasteiger partial charge in [-0.3, -0.25) is 4.79 Å². The quantitative estimate of drug-likeness (QED) is 0.739. The number of carbonyl (C=O) groups is 1. The molecule has 3 atom stereocenters. The number of hydrogen-bond acceptors (Lipinski definition) is 6. The van der Waals surface area contributed by atoms with Gasteiger partial charge in [-0.05, 0) is 13.0 Å². The molecule has 2 aliphatic rings. The number of fused-ring (bicyclic) bond motifs is 2. The number of thioether (sulfide) groups is 1. The van der Waals surface area contributed by atoms with Gasteiger partial charge in [-0.15, -0.1) is 0 Å². The van der Waals surface area contributed by atoms with Gasteiger partial charge in [0.05, 0.1) is 18.4 Å². The summed E-state index contributed by atoms with van der Waals surface area (Å²) < 4.78 is 50.6. The number of ether oxygens (including phenoxy) is 2. The van der Waals surface area contributed by atoms with E-state index in [0.29, 0.717) is 5.56 Å². The van der Waals surface area contributed by atoms with E-state index in [1.807, 2.05) is 6.92 Å². The lowest BCUT2D eigenvalue weighted by Gasteiger charge is -2.25. The Morgan fingerprint density at radius 3 is 2.63 bits per heavy atom. The number of Topliss-reactive ketones (excluding diaryl/α,β-unsaturated/α-hetero) is 1. The fourth-order valence-corrected chi connectivity index (χ4v) is 4.07. The smallest absolute Gasteiger partial charge is 0.343 e. The molecule has 0 unspecified atom stereocenters. The minimum atomic E-state index is -4.60. The van der Waals surface area contributed by atoms with Gasteiger partial charge in [-0.25, -0.2) is 9.97 Å². The van der Waals surface area contributed by atoms with E-state index in [4.69, 9.17) is 9.47 Å². The summed E-state index contributed by atoms with van der Waals surface area (Å²) >= 11 is 1.02. The molecular weight excluding hydrogens is 381 g/mol. The van der Waals surface area contributed by atoms with Crippen LogP contribution in [0.5, 0.6) is 0 Å². The first-order chi connectivity index (χ1) is 12.8. The molecule has 5 nitrogen and oxygen atoms in total. The molecule has 3 heterocycles. The summed E-state index contributed by atoms with van der Waals surface area (Å²) in [5.74, 6) is -0.216. The second kappa shape index (κ2) is 6.88. The lowest BCUT2D eigenvalue weighted by Crippen LogP contribution is -2.37. The van der Waals surface area contributed by atoms with Crippen LogP contribution in [0.15, 0.2) is 35.5 Å². The van der Waals surface area contributed by atoms with Crippen LogP contribution in [0.4, 0.5) is 13.2 Å². The van der Waals surface area contributed by atoms with Crippen molar-refractivity contribution in [1.82, 2.24) is 9.97 Å². The summed E-state index contributed by atoms with van der Waals surface area (Å²) in [7, 11) is 0. The monoisotopic (exact) mass is 396 g/mol. The van der Waals surface area contributed by atoms with Gasteiger partial charge >= 0.3 is 6.18 Å². The molecule has 0 saturated carbocycles. The van der Waals surface area contributed by atoms with E-state index in [-0.39, 0.29) is 41.0 Å². The largest absolute Gasteiger partial charge is 0.433 e. The molecule has 0 amide bonds. The number of benzene rings is 1. The van der Waals surface area contributed by atoms with Crippen LogP contribution in [-0.4, -0.2) is 40.0 Å². The van der Waals surface area contributed by atoms with Crippen LogP contribution in [-0.2, 0) is 20.4 Å². The summed E-state index contributed by atoms with van der Waals surface area (Å²) in [6, 6.07) is 7.98. The molecule has 2 aromatic rings. The molecule has 27 heavy (non-hydrogen) atoms. The van der Waals surface area contributed by atoms with Gasteiger partial charge in [-0.1, -0.05) is 41.6 Å². The van der Waals surface area contributed by atoms with Crippen LogP contribution in [0.1, 0.15) is 17.7 Å². The normalized spacial score (nSPS) is 25.0. The Labute approximate surface area is 157 Å². The van der Waals surface area contributed by atoms with Crippen LogP contribution in [0.3, 0.4) is 0 Å². The average Bonchev–Trinajstić information content (AvgIpc) is 3.05. The lowest BCUT2D eigenvalue weighted by molar-refractivity contribution is -0.151. The van der Waals surface area contributed by atoms with Gasteiger partial charge < -0.3 is 9.47 Å². The topological polar surface area (TPSA) is 61.3 Å². The second-order valence-corrected chi connectivity index (χ2v) is 7.66. The first-order valence-electron chi connectivity index (χ1n) is 8.29. The van der Waals surface area contributed by atoms with Crippen molar-refractivity contribution in [3.8, 4) is 11.3 Å². The lowest BCUT2D eigenvalue weighted by atomic mass is 10.1. The predicted molar refractivity (Wildman–Crippen MR) is 91.1 cm³/mol. The van der Waals surface area contributed by atoms with Crippen LogP contribution >= 0.6 is 11.8 Å². The van der Waals surface area contributed by atoms with E-state index in [0.717, 1.165) is 23.4 Å². The number of carbonyl (C=O) groups excluding carboxylic acids is 1. The molecule has 0 radical (unpaired) electrons. The van der Waals surface area contributed by atoms with Gasteiger partial charge in [0.1, 0.15) is 5.69 Å². The van der Waals surface area contributed by atoms with Gasteiger partial charge in [0, 0.05) is 17.2 Å². The highest BCUT2D eigenvalue weighted by molar-refractivity contribution is 7.99. The van der Waals surface area contributed by atoms with E-state index in [1.165, 1.54) is 0 Å². The molecule has 4 rings (SSSR count). The van der Waals surface area contributed by atoms with Gasteiger partial charge in [0.25, 0.3) is 0 Å². The molecule has 2 aliphatic heterocycles. The molecule has 2 saturated heterocycles. The van der Waals surface area contributed by atoms with Crippen molar-refractivity contribution in [3.05, 3.63) is 41.6 Å². The number of rotatable bonds is 3. The predicted octanol–water partition coefficient (Wildman–Crippen LogP) is 3.65. The van der Waals surface area contributed by atoms with Gasteiger partial charge in [0.2, 0.25) is 6.29 Å². The van der Waals surface area contributed by atoms with Gasteiger partial charge in [0.15, 0.2) is 10.9 Å². The third kappa shape index (κ3) is 3.85. The molecule has 2 bridgehead atoms. The highest BCUT2D eigenvalue weighted by Gasteiger charge is 2.44. The zero-order chi connectivity index (χ0) is 19.2. The number of alkyl halides is 3. The van der Waals surface area contributed by atoms with Crippen molar-refractivity contribution >= 4 is 17.5 Å². The van der Waals surface area contributed by atoms with Crippen molar-refractivity contribution in [2.75, 3.05) is 6.61 Å². The minimum Gasteiger partial charge on any atom is -0.343 e. The highest BCUT2D eigenvalue weighted by atomic mass is 32.2. The van der Waals surface area contributed by atoms with Crippen LogP contribution in [0.2, 0.25) is 0 Å². The highest BCUT2D eigenvalue weighted by Crippen LogP contribution is 2.37. The Morgan fingerprint density at radius 1 is 1.19 bits per heavy atom. The number of aromatic nitrogens is 2. The zero-order valence-corrected chi connectivity index (χ0v) is 15.0. The van der Waals surface area contributed by atoms with E-state index >= 15 is 0 Å². The molecule has 0 aliphatic carbocycles. The van der Waals surface area contributed by atoms with Crippen molar-refractivity contribution in [2.45, 2.75) is 42.3 Å². The fraction of sp³-hybridized carbons (Fsp3) is 0.389. The summed E-state index contributed by atoms with van der Waals surface area (Å²) in [5, 5.41) is -0.419. The Morgan fingerprint density at radius 2 is 1.93 bits per heavy atom. The maximum Gasteiger partial charge on any atom is 0.433 e. The first-order valence-corrected chi connectivity index (χ1v) is 9.17. The van der Waals surface area contributed by atoms with Crippen molar-refractivity contribution in [2.24, 2.45) is 0 Å². The Hall–Kier alpha value is -1.97. The van der Waals surface area contributed by atoms with E-state index in [2.05, 4.69) is 9.97 Å². The number of ketones is 1. The minimum absolute atomic E-state index is 0.0350. The summed E-state index contributed by atoms with van der Waals surface area (Å²) in [4.78, 5) is 19.9. The molecule has 9 heteroatoms. The van der Waals surface area contributed by atoms with E-state index in [9.17, 15) is 18.0 Å². The van der Waals surface area contributed by atoms with Crippen LogP contribution < -0.4 is 0 Å². The maximum absolute atomic E-state index is 13.3. The second-order valence-electron chi connectivity index (χ2n) is 6.45. The third-order valence-corrected chi connectivity index (χ3v) is 5.56. The first kappa shape index (κ1) is 18.4. The molecule has 1 aromatic heterocycles. The summed E-state index contributed by atoms with van der Waals surface area (Å²) in [5.41, 5.74) is 0.727. The van der Waals surface area contributed by atoms with Gasteiger partial charge in [-0.2, -0.15) is 13.2 Å². The standard InChI is InChI=1S/C18H15F3N2O3S/c1-9-2-4-10(5-3-9)11-6-15(18(19,20)21)23-17(22-11)27-14-7-12(24)16-25-8-13(14)26-16/h2-6,13-14,16H,7-8H2,1H3/t13-,14-,16-/m0/s1. The molecule has 1 aromatic carbocycles. The summed E-state index contributed by atoms with van der Waals surface area (Å²) in [6.45, 7) is 2.13. The molecule has 2 fully saturated rings. The van der Waals surface area contributed by atoms with Crippen molar-refractivity contribution < 1.29 is 27.4 Å². The van der Waals surface area contributed by atoms with Crippen LogP contribution in [0.25, 0.3) is 11.3 Å². The number of aryl methyl sites for hydroxylation is 1. The SMILES string of the molecule is Cc1ccc(-c2cc(C(F)(F)F)nc(S[C@H]3CC(=O)[C@H]4OC[C@@H]3O4)n2)cc1. The Balaban J connectivity index is 1.68. The number of nitrogens with zero attached hydrogens (tertiary/aromatic N) is 2. The molecular formula is C18H15F3N2O3S. The van der Waals surface area contributed by atoms with Crippen molar-refractivity contribution in [1.29, 1.82) is 0 Å². The van der Waals surface area contributed by atoms with Crippen molar-refractivity contribution in [3.63, 3.8) is 0 Å². The number of halogens is 3.